The molecule has 1 fully saturated rings. The van der Waals surface area contributed by atoms with Gasteiger partial charge < -0.3 is 4.74 Å². The second-order valence-corrected chi connectivity index (χ2v) is 7.18. The van der Waals surface area contributed by atoms with Gasteiger partial charge in [0.25, 0.3) is 0 Å². The molecule has 110 valence electrons. The van der Waals surface area contributed by atoms with Crippen molar-refractivity contribution >= 4 is 15.9 Å². The van der Waals surface area contributed by atoms with Crippen LogP contribution in [0.2, 0.25) is 0 Å². The van der Waals surface area contributed by atoms with Gasteiger partial charge in [-0.15, -0.1) is 0 Å². The Kier molecular flexibility index (Phi) is 4.70. The van der Waals surface area contributed by atoms with Gasteiger partial charge in [0, 0.05) is 10.7 Å². The first-order chi connectivity index (χ1) is 9.81. The van der Waals surface area contributed by atoms with Crippen LogP contribution in [0.3, 0.4) is 0 Å². The van der Waals surface area contributed by atoms with Crippen molar-refractivity contribution in [2.75, 3.05) is 11.9 Å². The largest absolute Gasteiger partial charge is 0.493 e. The van der Waals surface area contributed by atoms with Crippen LogP contribution in [-0.2, 0) is 12.8 Å². The van der Waals surface area contributed by atoms with Crippen molar-refractivity contribution in [2.24, 2.45) is 5.41 Å². The molecule has 0 aliphatic heterocycles. The summed E-state index contributed by atoms with van der Waals surface area (Å²) in [4.78, 5) is 0. The van der Waals surface area contributed by atoms with Gasteiger partial charge in [-0.1, -0.05) is 41.3 Å². The summed E-state index contributed by atoms with van der Waals surface area (Å²) >= 11 is 3.72. The maximum Gasteiger partial charge on any atom is 0.119 e. The van der Waals surface area contributed by atoms with E-state index in [0.29, 0.717) is 5.41 Å². The highest BCUT2D eigenvalue weighted by atomic mass is 79.9. The highest BCUT2D eigenvalue weighted by Crippen LogP contribution is 2.38. The van der Waals surface area contributed by atoms with Crippen LogP contribution in [0.15, 0.2) is 18.2 Å². The molecule has 0 heterocycles. The van der Waals surface area contributed by atoms with Gasteiger partial charge in [0.15, 0.2) is 0 Å². The second-order valence-electron chi connectivity index (χ2n) is 6.62. The Bertz CT molecular complexity index is 449. The van der Waals surface area contributed by atoms with E-state index in [9.17, 15) is 0 Å². The number of hydrogen-bond acceptors (Lipinski definition) is 1. The van der Waals surface area contributed by atoms with Gasteiger partial charge in [-0.3, -0.25) is 0 Å². The summed E-state index contributed by atoms with van der Waals surface area (Å²) in [5.74, 6) is 1.08. The predicted molar refractivity (Wildman–Crippen MR) is 87.9 cm³/mol. The third-order valence-corrected chi connectivity index (χ3v) is 6.25. The third kappa shape index (κ3) is 3.21. The third-order valence-electron chi connectivity index (χ3n) is 5.06. The minimum atomic E-state index is 0.369. The van der Waals surface area contributed by atoms with Gasteiger partial charge in [0.1, 0.15) is 5.75 Å². The first kappa shape index (κ1) is 14.4. The summed E-state index contributed by atoms with van der Waals surface area (Å²) in [6, 6.07) is 6.75. The Morgan fingerprint density at radius 2 is 1.70 bits per heavy atom. The molecule has 0 saturated heterocycles. The van der Waals surface area contributed by atoms with Gasteiger partial charge in [-0.05, 0) is 61.8 Å². The molecule has 2 heteroatoms. The predicted octanol–water partition coefficient (Wildman–Crippen LogP) is 5.29. The lowest BCUT2D eigenvalue weighted by molar-refractivity contribution is 0.122. The normalized spacial score (nSPS) is 21.2. The van der Waals surface area contributed by atoms with E-state index in [0.717, 1.165) is 17.7 Å². The molecule has 0 atom stereocenters. The molecular formula is C18H25BrO. The monoisotopic (exact) mass is 336 g/mol. The van der Waals surface area contributed by atoms with Crippen LogP contribution in [0, 0.1) is 5.41 Å². The van der Waals surface area contributed by atoms with Crippen molar-refractivity contribution in [3.63, 3.8) is 0 Å². The molecule has 0 aromatic heterocycles. The lowest BCUT2D eigenvalue weighted by Gasteiger charge is -2.35. The first-order valence-corrected chi connectivity index (χ1v) is 9.24. The Labute approximate surface area is 131 Å². The number of alkyl halides is 1. The van der Waals surface area contributed by atoms with Gasteiger partial charge in [0.2, 0.25) is 0 Å². The quantitative estimate of drug-likeness (QED) is 0.679. The number of halogens is 1. The highest BCUT2D eigenvalue weighted by molar-refractivity contribution is 9.09. The summed E-state index contributed by atoms with van der Waals surface area (Å²) in [6.07, 6.45) is 11.9. The van der Waals surface area contributed by atoms with E-state index < -0.39 is 0 Å². The Hall–Kier alpha value is -0.500. The lowest BCUT2D eigenvalue weighted by Crippen LogP contribution is -2.32. The minimum absolute atomic E-state index is 0.369. The zero-order chi connectivity index (χ0) is 13.8. The van der Waals surface area contributed by atoms with Crippen molar-refractivity contribution in [3.05, 3.63) is 29.3 Å². The Balaban J connectivity index is 1.65. The van der Waals surface area contributed by atoms with E-state index in [1.807, 2.05) is 0 Å². The van der Waals surface area contributed by atoms with Crippen molar-refractivity contribution in [3.8, 4) is 5.75 Å². The molecule has 0 radical (unpaired) electrons. The van der Waals surface area contributed by atoms with Crippen molar-refractivity contribution in [1.29, 1.82) is 0 Å². The van der Waals surface area contributed by atoms with Gasteiger partial charge in [-0.25, -0.2) is 0 Å². The number of ether oxygens (including phenoxy) is 1. The van der Waals surface area contributed by atoms with E-state index in [1.165, 1.54) is 68.9 Å². The average molecular weight is 337 g/mol. The van der Waals surface area contributed by atoms with Crippen LogP contribution in [0.4, 0.5) is 0 Å². The van der Waals surface area contributed by atoms with E-state index in [1.54, 1.807) is 0 Å². The molecule has 1 nitrogen and oxygen atoms in total. The number of aryl methyl sites for hydroxylation is 2. The zero-order valence-electron chi connectivity index (χ0n) is 12.3. The summed E-state index contributed by atoms with van der Waals surface area (Å²) < 4.78 is 6.18. The molecule has 2 aliphatic carbocycles. The number of rotatable bonds is 4. The van der Waals surface area contributed by atoms with Crippen LogP contribution < -0.4 is 4.74 Å². The van der Waals surface area contributed by atoms with Crippen LogP contribution in [-0.4, -0.2) is 11.9 Å². The van der Waals surface area contributed by atoms with E-state index in [4.69, 9.17) is 4.74 Å². The topological polar surface area (TPSA) is 9.23 Å². The summed E-state index contributed by atoms with van der Waals surface area (Å²) in [7, 11) is 0. The van der Waals surface area contributed by atoms with Gasteiger partial charge in [-0.2, -0.15) is 0 Å². The molecular weight excluding hydrogens is 312 g/mol. The van der Waals surface area contributed by atoms with Gasteiger partial charge in [0.05, 0.1) is 6.61 Å². The fourth-order valence-electron chi connectivity index (χ4n) is 3.65. The molecule has 0 spiro atoms. The molecule has 0 amide bonds. The van der Waals surface area contributed by atoms with Crippen LogP contribution >= 0.6 is 15.9 Å². The SMILES string of the molecule is BrCC1(COc2ccc3c(c2)CCCC3)CCCCC1. The molecule has 1 aromatic carbocycles. The summed E-state index contributed by atoms with van der Waals surface area (Å²) in [6.45, 7) is 0.872. The lowest BCUT2D eigenvalue weighted by atomic mass is 9.76. The van der Waals surface area contributed by atoms with Crippen molar-refractivity contribution in [2.45, 2.75) is 57.8 Å². The fourth-order valence-corrected chi connectivity index (χ4v) is 4.38. The van der Waals surface area contributed by atoms with Crippen LogP contribution in [0.1, 0.15) is 56.1 Å². The van der Waals surface area contributed by atoms with E-state index in [2.05, 4.69) is 34.1 Å². The van der Waals surface area contributed by atoms with Gasteiger partial charge >= 0.3 is 0 Å². The minimum Gasteiger partial charge on any atom is -0.493 e. The Morgan fingerprint density at radius 3 is 2.45 bits per heavy atom. The fraction of sp³-hybridized carbons (Fsp3) is 0.667. The first-order valence-electron chi connectivity index (χ1n) is 8.12. The van der Waals surface area contributed by atoms with Crippen molar-refractivity contribution < 1.29 is 4.74 Å². The number of benzene rings is 1. The molecule has 0 unspecified atom stereocenters. The molecule has 0 bridgehead atoms. The molecule has 3 rings (SSSR count). The number of fused-ring (bicyclic) bond motifs is 1. The standard InChI is InChI=1S/C18H25BrO/c19-13-18(10-4-1-5-11-18)14-20-17-9-8-15-6-2-3-7-16(15)12-17/h8-9,12H,1-7,10-11,13-14H2. The zero-order valence-corrected chi connectivity index (χ0v) is 13.9. The highest BCUT2D eigenvalue weighted by Gasteiger charge is 2.31. The maximum atomic E-state index is 6.18. The number of hydrogen-bond donors (Lipinski definition) is 0. The summed E-state index contributed by atoms with van der Waals surface area (Å²) in [5.41, 5.74) is 3.43. The molecule has 2 aliphatic rings. The molecule has 1 aromatic rings. The van der Waals surface area contributed by atoms with E-state index >= 15 is 0 Å². The smallest absolute Gasteiger partial charge is 0.119 e. The maximum absolute atomic E-state index is 6.18. The average Bonchev–Trinajstić information content (AvgIpc) is 2.54. The molecule has 1 saturated carbocycles. The molecule has 20 heavy (non-hydrogen) atoms. The summed E-state index contributed by atoms with van der Waals surface area (Å²) in [5, 5.41) is 1.07. The Morgan fingerprint density at radius 1 is 0.950 bits per heavy atom. The van der Waals surface area contributed by atoms with Crippen LogP contribution in [0.5, 0.6) is 5.75 Å². The second kappa shape index (κ2) is 6.51. The molecule has 0 N–H and O–H groups in total. The van der Waals surface area contributed by atoms with E-state index in [-0.39, 0.29) is 0 Å². The van der Waals surface area contributed by atoms with Crippen molar-refractivity contribution in [1.82, 2.24) is 0 Å². The van der Waals surface area contributed by atoms with Crippen LogP contribution in [0.25, 0.3) is 0 Å².